The van der Waals surface area contributed by atoms with Crippen molar-refractivity contribution in [1.82, 2.24) is 0 Å². The van der Waals surface area contributed by atoms with Gasteiger partial charge in [0, 0.05) is 28.1 Å². The lowest BCUT2D eigenvalue weighted by Crippen LogP contribution is -2.29. The number of carbonyl (C=O) groups excluding carboxylic acids is 1. The van der Waals surface area contributed by atoms with E-state index < -0.39 is 11.4 Å². The fourth-order valence-electron chi connectivity index (χ4n) is 9.59. The third kappa shape index (κ3) is 5.99. The maximum Gasteiger partial charge on any atom is 0.309 e. The van der Waals surface area contributed by atoms with Gasteiger partial charge in [-0.15, -0.1) is 0 Å². The smallest absolute Gasteiger partial charge is 0.309 e. The molecule has 0 spiro atoms. The summed E-state index contributed by atoms with van der Waals surface area (Å²) in [5.74, 6) is -0.813. The molecule has 1 N–H and O–H groups in total. The van der Waals surface area contributed by atoms with Gasteiger partial charge in [0.05, 0.1) is 23.0 Å². The van der Waals surface area contributed by atoms with Crippen molar-refractivity contribution in [1.29, 1.82) is 0 Å². The fourth-order valence-corrected chi connectivity index (χ4v) is 9.59. The number of carbonyl (C=O) groups is 2. The van der Waals surface area contributed by atoms with Gasteiger partial charge < -0.3 is 14.7 Å². The molecule has 0 aromatic heterocycles. The number of carboxylic acids is 1. The lowest BCUT2D eigenvalue weighted by Gasteiger charge is -2.27. The van der Waals surface area contributed by atoms with Crippen molar-refractivity contribution in [2.45, 2.75) is 64.7 Å². The Hall–Kier alpha value is -6.01. The lowest BCUT2D eigenvalue weighted by molar-refractivity contribution is -0.435. The summed E-state index contributed by atoms with van der Waals surface area (Å²) in [5, 5.41) is 19.5. The second-order valence-electron chi connectivity index (χ2n) is 16.1. The van der Waals surface area contributed by atoms with E-state index in [0.29, 0.717) is 19.6 Å². The largest absolute Gasteiger partial charge is 0.481 e. The summed E-state index contributed by atoms with van der Waals surface area (Å²) in [4.78, 5) is 25.7. The molecule has 8 rings (SSSR count). The molecule has 0 radical (unpaired) electrons. The van der Waals surface area contributed by atoms with Gasteiger partial charge in [-0.2, -0.15) is 4.58 Å². The van der Waals surface area contributed by atoms with Gasteiger partial charge in [0.1, 0.15) is 13.0 Å². The number of benzene rings is 6. The Kier molecular flexibility index (Phi) is 9.61. The summed E-state index contributed by atoms with van der Waals surface area (Å²) in [7, 11) is 0. The van der Waals surface area contributed by atoms with Gasteiger partial charge in [-0.1, -0.05) is 130 Å². The van der Waals surface area contributed by atoms with Gasteiger partial charge in [0.25, 0.3) is 6.47 Å². The minimum atomic E-state index is -0.813. The summed E-state index contributed by atoms with van der Waals surface area (Å²) in [5.41, 5.74) is 7.45. The number of hydrogen-bond acceptors (Lipinski definition) is 4. The molecule has 0 saturated carbocycles. The number of anilines is 1. The average Bonchev–Trinajstić information content (AvgIpc) is 3.57. The minimum Gasteiger partial charge on any atom is -0.481 e. The highest BCUT2D eigenvalue weighted by Crippen LogP contribution is 2.54. The van der Waals surface area contributed by atoms with Crippen LogP contribution in [-0.4, -0.2) is 47.5 Å². The predicted molar refractivity (Wildman–Crippen MR) is 231 cm³/mol. The zero-order valence-corrected chi connectivity index (χ0v) is 32.9. The quantitative estimate of drug-likeness (QED) is 0.0445. The van der Waals surface area contributed by atoms with E-state index in [1.54, 1.807) is 0 Å². The van der Waals surface area contributed by atoms with Crippen molar-refractivity contribution in [2.75, 3.05) is 24.6 Å². The van der Waals surface area contributed by atoms with Crippen LogP contribution in [0, 0.1) is 0 Å². The van der Waals surface area contributed by atoms with Gasteiger partial charge in [0.15, 0.2) is 12.3 Å². The Labute approximate surface area is 328 Å². The highest BCUT2D eigenvalue weighted by Gasteiger charge is 2.47. The van der Waals surface area contributed by atoms with E-state index in [-0.39, 0.29) is 18.4 Å². The first-order chi connectivity index (χ1) is 27.1. The summed E-state index contributed by atoms with van der Waals surface area (Å²) in [6.45, 7) is 13.0. The first-order valence-corrected chi connectivity index (χ1v) is 19.8. The molecule has 6 aromatic rings. The van der Waals surface area contributed by atoms with E-state index in [0.717, 1.165) is 35.3 Å². The van der Waals surface area contributed by atoms with Crippen molar-refractivity contribution >= 4 is 72.6 Å². The first-order valence-electron chi connectivity index (χ1n) is 19.8. The number of aliphatic carboxylic acids is 1. The molecule has 0 saturated heterocycles. The van der Waals surface area contributed by atoms with Crippen molar-refractivity contribution in [3.05, 3.63) is 144 Å². The van der Waals surface area contributed by atoms with Crippen LogP contribution < -0.4 is 4.90 Å². The number of rotatable bonds is 12. The van der Waals surface area contributed by atoms with E-state index in [4.69, 9.17) is 4.74 Å². The second kappa shape index (κ2) is 14.6. The number of fused-ring (bicyclic) bond motifs is 12. The number of allylic oxidation sites excluding steroid dienone is 6. The molecule has 0 aliphatic carbocycles. The predicted octanol–water partition coefficient (Wildman–Crippen LogP) is 11.3. The Balaban J connectivity index is 1.28. The van der Waals surface area contributed by atoms with E-state index in [1.807, 2.05) is 0 Å². The van der Waals surface area contributed by atoms with Crippen LogP contribution in [0.4, 0.5) is 11.4 Å². The third-order valence-electron chi connectivity index (χ3n) is 12.0. The first kappa shape index (κ1) is 36.9. The molecule has 6 nitrogen and oxygen atoms in total. The maximum atomic E-state index is 12.1. The number of nitrogens with zero attached hydrogens (tertiary/aromatic N) is 2. The zero-order valence-electron chi connectivity index (χ0n) is 32.9. The monoisotopic (exact) mass is 741 g/mol. The van der Waals surface area contributed by atoms with E-state index in [9.17, 15) is 14.7 Å². The molecular weight excluding hydrogens is 693 g/mol. The van der Waals surface area contributed by atoms with Crippen LogP contribution in [0.2, 0.25) is 0 Å². The number of carboxylic acid groups (broad SMARTS) is 1. The molecule has 0 bridgehead atoms. The van der Waals surface area contributed by atoms with E-state index in [1.165, 1.54) is 60.1 Å². The molecule has 282 valence electrons. The van der Waals surface area contributed by atoms with Crippen LogP contribution in [0.5, 0.6) is 0 Å². The van der Waals surface area contributed by atoms with Gasteiger partial charge in [-0.05, 0) is 75.9 Å². The van der Waals surface area contributed by atoms with Gasteiger partial charge in [-0.3, -0.25) is 9.59 Å². The van der Waals surface area contributed by atoms with Crippen molar-refractivity contribution in [2.24, 2.45) is 0 Å². The number of ether oxygens (including phenoxy) is 1. The number of hydrogen-bond donors (Lipinski definition) is 1. The highest BCUT2D eigenvalue weighted by atomic mass is 16.5. The molecule has 2 heterocycles. The summed E-state index contributed by atoms with van der Waals surface area (Å²) < 4.78 is 7.57. The van der Waals surface area contributed by atoms with Crippen LogP contribution in [0.25, 0.3) is 43.1 Å². The summed E-state index contributed by atoms with van der Waals surface area (Å²) in [6, 6.07) is 34.4. The van der Waals surface area contributed by atoms with Gasteiger partial charge >= 0.3 is 5.97 Å². The fraction of sp³-hybridized carbons (Fsp3) is 0.260. The van der Waals surface area contributed by atoms with Crippen molar-refractivity contribution in [3.8, 4) is 0 Å². The van der Waals surface area contributed by atoms with Crippen LogP contribution in [0.3, 0.4) is 0 Å². The summed E-state index contributed by atoms with van der Waals surface area (Å²) >= 11 is 0. The molecular formula is C50H49N2O4+. The zero-order chi connectivity index (χ0) is 39.2. The van der Waals surface area contributed by atoms with Crippen molar-refractivity contribution < 1.29 is 24.0 Å². The Morgan fingerprint density at radius 2 is 1.27 bits per heavy atom. The minimum absolute atomic E-state index is 0.0282. The molecule has 0 atom stereocenters. The standard InChI is InChI=1S/C50H48N2O4/c1-6-15-33(24-26-42-49(2,3)45-38-20-11-7-16-34(38)36-18-9-13-22-40(36)47(45)51(42)29-28-44(54)55)25-27-43-50(4,5)46-39-21-12-8-17-35(39)37-19-10-14-23-41(37)48(46)52(43)30-31-56-32-53/h7-14,16-27,32H,6,15,28-31H2,1-5H3/p+1. The Morgan fingerprint density at radius 1 is 0.732 bits per heavy atom. The van der Waals surface area contributed by atoms with Crippen LogP contribution in [0.15, 0.2) is 133 Å². The van der Waals surface area contributed by atoms with E-state index >= 15 is 0 Å². The highest BCUT2D eigenvalue weighted by molar-refractivity contribution is 6.19. The van der Waals surface area contributed by atoms with Gasteiger partial charge in [-0.25, -0.2) is 0 Å². The third-order valence-corrected chi connectivity index (χ3v) is 12.0. The molecule has 6 heteroatoms. The lowest BCUT2D eigenvalue weighted by atomic mass is 9.77. The second-order valence-corrected chi connectivity index (χ2v) is 16.1. The van der Waals surface area contributed by atoms with Crippen LogP contribution in [0.1, 0.15) is 65.0 Å². The van der Waals surface area contributed by atoms with Crippen LogP contribution in [-0.2, 0) is 25.2 Å². The SMILES string of the molecule is CCCC(/C=C/C1=[N+](CCC(=O)O)c2c(c3ccccc3c3ccccc23)C1(C)C)=C\C=C1/N(CCOC=O)c2c(c3ccccc3c3ccccc23)C1(C)C. The average molecular weight is 742 g/mol. The van der Waals surface area contributed by atoms with Crippen molar-refractivity contribution in [3.63, 3.8) is 0 Å². The normalized spacial score (nSPS) is 16.8. The molecule has 0 amide bonds. The summed E-state index contributed by atoms with van der Waals surface area (Å²) in [6.07, 6.45) is 10.9. The molecule has 0 unspecified atom stereocenters. The molecule has 56 heavy (non-hydrogen) atoms. The topological polar surface area (TPSA) is 69.8 Å². The molecule has 2 aliphatic rings. The van der Waals surface area contributed by atoms with Gasteiger partial charge in [0.2, 0.25) is 5.69 Å². The van der Waals surface area contributed by atoms with Crippen LogP contribution >= 0.6 is 0 Å². The Bertz CT molecular complexity index is 2690. The molecule has 0 fully saturated rings. The molecule has 6 aromatic carbocycles. The Morgan fingerprint density at radius 3 is 1.86 bits per heavy atom. The maximum absolute atomic E-state index is 12.1. The molecule has 2 aliphatic heterocycles. The van der Waals surface area contributed by atoms with E-state index in [2.05, 4.69) is 165 Å².